The van der Waals surface area contributed by atoms with Crippen molar-refractivity contribution in [2.75, 3.05) is 0 Å². The lowest BCUT2D eigenvalue weighted by Gasteiger charge is -2.12. The fourth-order valence-electron chi connectivity index (χ4n) is 1.13. The first kappa shape index (κ1) is 8.94. The van der Waals surface area contributed by atoms with Gasteiger partial charge in [0.1, 0.15) is 12.2 Å². The predicted molar refractivity (Wildman–Crippen MR) is 51.9 cm³/mol. The zero-order valence-corrected chi connectivity index (χ0v) is 7.57. The van der Waals surface area contributed by atoms with Crippen LogP contribution in [0.5, 0.6) is 0 Å². The SMILES string of the molecule is C1=CC2=C[NH2+]C=NC2C=C1.CC. The molecule has 64 valence electrons. The molecule has 1 heterocycles. The summed E-state index contributed by atoms with van der Waals surface area (Å²) in [6, 6.07) is 0.287. The van der Waals surface area contributed by atoms with Gasteiger partial charge in [0.05, 0.1) is 0 Å². The highest BCUT2D eigenvalue weighted by atomic mass is 15.0. The van der Waals surface area contributed by atoms with E-state index in [4.69, 9.17) is 0 Å². The molecule has 12 heavy (non-hydrogen) atoms. The average molecular weight is 163 g/mol. The number of fused-ring (bicyclic) bond motifs is 1. The highest BCUT2D eigenvalue weighted by molar-refractivity contribution is 5.50. The lowest BCUT2D eigenvalue weighted by Crippen LogP contribution is -2.77. The lowest BCUT2D eigenvalue weighted by molar-refractivity contribution is -0.454. The van der Waals surface area contributed by atoms with E-state index in [2.05, 4.69) is 23.3 Å². The van der Waals surface area contributed by atoms with Gasteiger partial charge in [-0.25, -0.2) is 4.99 Å². The molecule has 0 amide bonds. The molecule has 1 aliphatic heterocycles. The second-order valence-corrected chi connectivity index (χ2v) is 2.35. The van der Waals surface area contributed by atoms with E-state index in [0.29, 0.717) is 0 Å². The largest absolute Gasteiger partial charge is 0.278 e. The van der Waals surface area contributed by atoms with E-state index in [0.717, 1.165) is 0 Å². The Morgan fingerprint density at radius 2 is 2.17 bits per heavy atom. The molecule has 2 N–H and O–H groups in total. The number of rotatable bonds is 0. The molecule has 1 unspecified atom stereocenters. The molecule has 0 fully saturated rings. The zero-order valence-electron chi connectivity index (χ0n) is 7.57. The molecule has 0 radical (unpaired) electrons. The molecule has 2 nitrogen and oxygen atoms in total. The van der Waals surface area contributed by atoms with E-state index in [1.165, 1.54) is 5.57 Å². The van der Waals surface area contributed by atoms with Gasteiger partial charge in [0.15, 0.2) is 6.34 Å². The molecule has 2 rings (SSSR count). The molecular weight excluding hydrogens is 148 g/mol. The first-order valence-electron chi connectivity index (χ1n) is 4.38. The molecule has 2 aliphatic rings. The molecular formula is C10H15N2+. The molecule has 0 spiro atoms. The molecule has 1 aliphatic carbocycles. The van der Waals surface area contributed by atoms with Crippen LogP contribution in [0.25, 0.3) is 0 Å². The standard InChI is InChI=1S/C8H8N2.C2H6/c1-2-4-8-7(3-1)5-9-6-10-8;1-2/h1-6,8H,(H,9,10);1-2H3/p+1. The minimum Gasteiger partial charge on any atom is -0.278 e. The second-order valence-electron chi connectivity index (χ2n) is 2.35. The van der Waals surface area contributed by atoms with Gasteiger partial charge in [-0.1, -0.05) is 38.2 Å². The Morgan fingerprint density at radius 3 is 2.92 bits per heavy atom. The summed E-state index contributed by atoms with van der Waals surface area (Å²) in [5.74, 6) is 0. The molecule has 0 aromatic rings. The topological polar surface area (TPSA) is 29.0 Å². The lowest BCUT2D eigenvalue weighted by atomic mass is 10.0. The molecule has 1 atom stereocenters. The number of hydrogen-bond donors (Lipinski definition) is 1. The van der Waals surface area contributed by atoms with E-state index in [-0.39, 0.29) is 6.04 Å². The smallest absolute Gasteiger partial charge is 0.187 e. The van der Waals surface area contributed by atoms with Crippen LogP contribution in [0.3, 0.4) is 0 Å². The minimum absolute atomic E-state index is 0.287. The highest BCUT2D eigenvalue weighted by Gasteiger charge is 2.12. The Morgan fingerprint density at radius 1 is 1.33 bits per heavy atom. The van der Waals surface area contributed by atoms with Crippen LogP contribution in [-0.4, -0.2) is 12.4 Å². The maximum absolute atomic E-state index is 4.26. The maximum atomic E-state index is 4.26. The van der Waals surface area contributed by atoms with Crippen molar-refractivity contribution in [1.82, 2.24) is 0 Å². The van der Waals surface area contributed by atoms with Crippen molar-refractivity contribution in [1.29, 1.82) is 0 Å². The Labute approximate surface area is 73.4 Å². The van der Waals surface area contributed by atoms with E-state index in [9.17, 15) is 0 Å². The number of aliphatic imine (C=N–C) groups is 1. The second kappa shape index (κ2) is 4.67. The zero-order chi connectivity index (χ0) is 8.81. The molecule has 0 bridgehead atoms. The third kappa shape index (κ3) is 1.92. The quantitative estimate of drug-likeness (QED) is 0.552. The third-order valence-corrected chi connectivity index (χ3v) is 1.66. The van der Waals surface area contributed by atoms with Gasteiger partial charge in [0.25, 0.3) is 0 Å². The first-order chi connectivity index (χ1) is 5.97. The first-order valence-corrected chi connectivity index (χ1v) is 4.38. The van der Waals surface area contributed by atoms with Crippen molar-refractivity contribution in [3.05, 3.63) is 36.1 Å². The van der Waals surface area contributed by atoms with Crippen molar-refractivity contribution in [3.63, 3.8) is 0 Å². The van der Waals surface area contributed by atoms with Crippen LogP contribution in [0.2, 0.25) is 0 Å². The fraction of sp³-hybridized carbons (Fsp3) is 0.300. The van der Waals surface area contributed by atoms with Crippen molar-refractivity contribution < 1.29 is 5.32 Å². The minimum atomic E-state index is 0.287. The van der Waals surface area contributed by atoms with Crippen LogP contribution in [0, 0.1) is 0 Å². The summed E-state index contributed by atoms with van der Waals surface area (Å²) in [5, 5.41) is 1.97. The maximum Gasteiger partial charge on any atom is 0.187 e. The molecule has 0 saturated carbocycles. The number of hydrogen-bond acceptors (Lipinski definition) is 1. The van der Waals surface area contributed by atoms with Crippen LogP contribution in [-0.2, 0) is 0 Å². The van der Waals surface area contributed by atoms with E-state index in [1.54, 1.807) is 0 Å². The van der Waals surface area contributed by atoms with E-state index in [1.807, 2.05) is 37.7 Å². The van der Waals surface area contributed by atoms with Crippen molar-refractivity contribution >= 4 is 6.34 Å². The van der Waals surface area contributed by atoms with Crippen LogP contribution < -0.4 is 5.32 Å². The summed E-state index contributed by atoms with van der Waals surface area (Å²) in [4.78, 5) is 4.26. The summed E-state index contributed by atoms with van der Waals surface area (Å²) in [6.45, 7) is 4.00. The van der Waals surface area contributed by atoms with Crippen molar-refractivity contribution in [3.8, 4) is 0 Å². The molecule has 0 aromatic heterocycles. The average Bonchev–Trinajstić information content (AvgIpc) is 2.21. The van der Waals surface area contributed by atoms with E-state index < -0.39 is 0 Å². The van der Waals surface area contributed by atoms with E-state index >= 15 is 0 Å². The Kier molecular flexibility index (Phi) is 3.48. The van der Waals surface area contributed by atoms with Crippen molar-refractivity contribution in [2.24, 2.45) is 4.99 Å². The number of nitrogens with zero attached hydrogens (tertiary/aromatic N) is 1. The molecule has 2 heteroatoms. The van der Waals surface area contributed by atoms with Gasteiger partial charge in [-0.05, 0) is 0 Å². The summed E-state index contributed by atoms with van der Waals surface area (Å²) < 4.78 is 0. The Bertz CT molecular complexity index is 247. The monoisotopic (exact) mass is 163 g/mol. The van der Waals surface area contributed by atoms with Crippen molar-refractivity contribution in [2.45, 2.75) is 19.9 Å². The number of allylic oxidation sites excluding steroid dienone is 2. The van der Waals surface area contributed by atoms with Gasteiger partial charge in [0, 0.05) is 5.57 Å². The van der Waals surface area contributed by atoms with Crippen LogP contribution in [0.15, 0.2) is 41.1 Å². The molecule has 0 saturated heterocycles. The van der Waals surface area contributed by atoms with Gasteiger partial charge in [-0.2, -0.15) is 0 Å². The molecule has 0 aromatic carbocycles. The fourth-order valence-corrected chi connectivity index (χ4v) is 1.13. The van der Waals surface area contributed by atoms with Gasteiger partial charge >= 0.3 is 0 Å². The normalized spacial score (nSPS) is 23.8. The van der Waals surface area contributed by atoms with Gasteiger partial charge in [-0.15, -0.1) is 0 Å². The van der Waals surface area contributed by atoms with Gasteiger partial charge in [0.2, 0.25) is 0 Å². The summed E-state index contributed by atoms with van der Waals surface area (Å²) >= 11 is 0. The highest BCUT2D eigenvalue weighted by Crippen LogP contribution is 2.13. The third-order valence-electron chi connectivity index (χ3n) is 1.66. The van der Waals surface area contributed by atoms with Crippen LogP contribution in [0.4, 0.5) is 0 Å². The predicted octanol–water partition coefficient (Wildman–Crippen LogP) is 0.996. The summed E-state index contributed by atoms with van der Waals surface area (Å²) in [7, 11) is 0. The van der Waals surface area contributed by atoms with Gasteiger partial charge < -0.3 is 0 Å². The van der Waals surface area contributed by atoms with Crippen LogP contribution in [0.1, 0.15) is 13.8 Å². The summed E-state index contributed by atoms with van der Waals surface area (Å²) in [6.07, 6.45) is 12.2. The van der Waals surface area contributed by atoms with Gasteiger partial charge in [-0.3, -0.25) is 5.32 Å². The Hall–Kier alpha value is -1.15. The Balaban J connectivity index is 0.000000336. The number of nitrogens with two attached hydrogens (primary N) is 1. The number of quaternary nitrogens is 1. The van der Waals surface area contributed by atoms with Crippen LogP contribution >= 0.6 is 0 Å². The summed E-state index contributed by atoms with van der Waals surface area (Å²) in [5.41, 5.74) is 1.28.